The third-order valence-electron chi connectivity index (χ3n) is 6.81. The maximum absolute atomic E-state index is 12.2. The quantitative estimate of drug-likeness (QED) is 0.828. The zero-order valence-corrected chi connectivity index (χ0v) is 16.1. The Kier molecular flexibility index (Phi) is 4.67. The van der Waals surface area contributed by atoms with Crippen LogP contribution in [0.5, 0.6) is 0 Å². The van der Waals surface area contributed by atoms with E-state index in [0.29, 0.717) is 19.1 Å². The predicted molar refractivity (Wildman–Crippen MR) is 101 cm³/mol. The van der Waals surface area contributed by atoms with Gasteiger partial charge in [0, 0.05) is 19.1 Å². The van der Waals surface area contributed by atoms with Crippen LogP contribution in [-0.2, 0) is 15.4 Å². The van der Waals surface area contributed by atoms with Gasteiger partial charge in [-0.05, 0) is 75.1 Å². The fourth-order valence-electron chi connectivity index (χ4n) is 5.30. The molecular formula is C20H30N2O2S. The second-order valence-corrected chi connectivity index (χ2v) is 10.2. The molecule has 2 fully saturated rings. The molecule has 0 radical (unpaired) electrons. The summed E-state index contributed by atoms with van der Waals surface area (Å²) >= 11 is 0. The lowest BCUT2D eigenvalue weighted by molar-refractivity contribution is 0.153. The van der Waals surface area contributed by atoms with Crippen LogP contribution in [0.4, 0.5) is 0 Å². The SMILES string of the molecule is CCS(=O)(=O)N1CCC2(CC[C@@H](N3CCCC3)c3ccccc32)CC1. The molecule has 0 aromatic heterocycles. The van der Waals surface area contributed by atoms with Gasteiger partial charge < -0.3 is 0 Å². The van der Waals surface area contributed by atoms with Crippen LogP contribution in [0.2, 0.25) is 0 Å². The van der Waals surface area contributed by atoms with Crippen molar-refractivity contribution in [2.45, 2.75) is 56.9 Å². The van der Waals surface area contributed by atoms with E-state index in [1.54, 1.807) is 11.2 Å². The van der Waals surface area contributed by atoms with Crippen LogP contribution in [0.3, 0.4) is 0 Å². The van der Waals surface area contributed by atoms with Gasteiger partial charge in [0.25, 0.3) is 0 Å². The standard InChI is InChI=1S/C20H30N2O2S/c1-2-25(23,24)22-15-11-20(12-16-22)10-9-19(21-13-5-6-14-21)17-7-3-4-8-18(17)20/h3-4,7-8,19H,2,5-6,9-16H2,1H3/t19-/m1/s1. The summed E-state index contributed by atoms with van der Waals surface area (Å²) < 4.78 is 26.1. The maximum Gasteiger partial charge on any atom is 0.213 e. The smallest absolute Gasteiger partial charge is 0.213 e. The van der Waals surface area contributed by atoms with Gasteiger partial charge in [0.15, 0.2) is 0 Å². The van der Waals surface area contributed by atoms with Gasteiger partial charge in [-0.15, -0.1) is 0 Å². The zero-order valence-electron chi connectivity index (χ0n) is 15.3. The molecule has 4 nitrogen and oxygen atoms in total. The van der Waals surface area contributed by atoms with Crippen molar-refractivity contribution >= 4 is 10.0 Å². The Morgan fingerprint density at radius 3 is 2.40 bits per heavy atom. The molecule has 1 aromatic carbocycles. The highest BCUT2D eigenvalue weighted by molar-refractivity contribution is 7.89. The van der Waals surface area contributed by atoms with Gasteiger partial charge in [-0.2, -0.15) is 0 Å². The second-order valence-electron chi connectivity index (χ2n) is 7.96. The minimum atomic E-state index is -3.05. The number of rotatable bonds is 3. The highest BCUT2D eigenvalue weighted by Gasteiger charge is 2.44. The molecule has 1 aliphatic carbocycles. The number of nitrogens with zero attached hydrogens (tertiary/aromatic N) is 2. The van der Waals surface area contributed by atoms with E-state index in [-0.39, 0.29) is 11.2 Å². The summed E-state index contributed by atoms with van der Waals surface area (Å²) in [6, 6.07) is 9.57. The number of fused-ring (bicyclic) bond motifs is 2. The molecule has 0 amide bonds. The average Bonchev–Trinajstić information content (AvgIpc) is 3.17. The second kappa shape index (κ2) is 6.67. The highest BCUT2D eigenvalue weighted by Crippen LogP contribution is 2.50. The molecule has 3 aliphatic rings. The molecule has 5 heteroatoms. The van der Waals surface area contributed by atoms with Crippen molar-refractivity contribution in [1.29, 1.82) is 0 Å². The Hall–Kier alpha value is -0.910. The fourth-order valence-corrected chi connectivity index (χ4v) is 6.40. The van der Waals surface area contributed by atoms with Crippen molar-refractivity contribution in [2.24, 2.45) is 0 Å². The maximum atomic E-state index is 12.2. The molecule has 25 heavy (non-hydrogen) atoms. The lowest BCUT2D eigenvalue weighted by atomic mass is 9.63. The number of hydrogen-bond acceptors (Lipinski definition) is 3. The molecule has 0 saturated carbocycles. The fraction of sp³-hybridized carbons (Fsp3) is 0.700. The molecule has 1 spiro atoms. The monoisotopic (exact) mass is 362 g/mol. The number of benzene rings is 1. The van der Waals surface area contributed by atoms with E-state index in [1.165, 1.54) is 49.9 Å². The van der Waals surface area contributed by atoms with Crippen molar-refractivity contribution in [3.8, 4) is 0 Å². The molecule has 1 atom stereocenters. The van der Waals surface area contributed by atoms with E-state index < -0.39 is 10.0 Å². The van der Waals surface area contributed by atoms with Gasteiger partial charge in [0.05, 0.1) is 5.75 Å². The first-order valence-corrected chi connectivity index (χ1v) is 11.5. The Morgan fingerprint density at radius 1 is 1.04 bits per heavy atom. The third-order valence-corrected chi connectivity index (χ3v) is 8.69. The molecule has 0 unspecified atom stereocenters. The van der Waals surface area contributed by atoms with Crippen LogP contribution in [0, 0.1) is 0 Å². The molecule has 2 heterocycles. The van der Waals surface area contributed by atoms with E-state index >= 15 is 0 Å². The first-order valence-electron chi connectivity index (χ1n) is 9.87. The molecule has 138 valence electrons. The van der Waals surface area contributed by atoms with E-state index in [2.05, 4.69) is 29.2 Å². The van der Waals surface area contributed by atoms with Crippen molar-refractivity contribution in [3.05, 3.63) is 35.4 Å². The van der Waals surface area contributed by atoms with E-state index in [4.69, 9.17) is 0 Å². The first kappa shape index (κ1) is 17.5. The first-order chi connectivity index (χ1) is 12.1. The van der Waals surface area contributed by atoms with Gasteiger partial charge in [0.1, 0.15) is 0 Å². The number of likely N-dealkylation sites (tertiary alicyclic amines) is 1. The topological polar surface area (TPSA) is 40.6 Å². The van der Waals surface area contributed by atoms with Crippen molar-refractivity contribution in [3.63, 3.8) is 0 Å². The molecule has 2 saturated heterocycles. The van der Waals surface area contributed by atoms with Crippen molar-refractivity contribution in [2.75, 3.05) is 31.9 Å². The van der Waals surface area contributed by atoms with Gasteiger partial charge in [-0.25, -0.2) is 12.7 Å². The molecule has 1 aromatic rings. The third kappa shape index (κ3) is 3.04. The average molecular weight is 363 g/mol. The van der Waals surface area contributed by atoms with Crippen LogP contribution in [-0.4, -0.2) is 49.6 Å². The van der Waals surface area contributed by atoms with Gasteiger partial charge in [-0.3, -0.25) is 4.90 Å². The Labute approximate surface area is 152 Å². The molecule has 2 aliphatic heterocycles. The number of piperidine rings is 1. The van der Waals surface area contributed by atoms with E-state index in [9.17, 15) is 8.42 Å². The van der Waals surface area contributed by atoms with Crippen LogP contribution in [0.15, 0.2) is 24.3 Å². The van der Waals surface area contributed by atoms with Gasteiger partial charge >= 0.3 is 0 Å². The summed E-state index contributed by atoms with van der Waals surface area (Å²) in [5.41, 5.74) is 3.21. The molecule has 0 N–H and O–H groups in total. The predicted octanol–water partition coefficient (Wildman–Crippen LogP) is 3.30. The Balaban J connectivity index is 1.60. The number of sulfonamides is 1. The lowest BCUT2D eigenvalue weighted by Crippen LogP contribution is -2.48. The highest BCUT2D eigenvalue weighted by atomic mass is 32.2. The minimum absolute atomic E-state index is 0.187. The summed E-state index contributed by atoms with van der Waals surface area (Å²) in [6.45, 7) is 5.57. The Bertz CT molecular complexity index is 717. The summed E-state index contributed by atoms with van der Waals surface area (Å²) in [5.74, 6) is 0.216. The van der Waals surface area contributed by atoms with Crippen LogP contribution >= 0.6 is 0 Å². The summed E-state index contributed by atoms with van der Waals surface area (Å²) in [6.07, 6.45) is 7.01. The summed E-state index contributed by atoms with van der Waals surface area (Å²) in [5, 5.41) is 0. The van der Waals surface area contributed by atoms with Crippen LogP contribution in [0.25, 0.3) is 0 Å². The van der Waals surface area contributed by atoms with Crippen LogP contribution in [0.1, 0.15) is 62.6 Å². The normalized spacial score (nSPS) is 27.5. The van der Waals surface area contributed by atoms with Gasteiger partial charge in [-0.1, -0.05) is 24.3 Å². The van der Waals surface area contributed by atoms with E-state index in [0.717, 1.165) is 12.8 Å². The van der Waals surface area contributed by atoms with E-state index in [1.807, 2.05) is 0 Å². The van der Waals surface area contributed by atoms with Gasteiger partial charge in [0.2, 0.25) is 10.0 Å². The molecule has 0 bridgehead atoms. The Morgan fingerprint density at radius 2 is 1.72 bits per heavy atom. The lowest BCUT2D eigenvalue weighted by Gasteiger charge is -2.48. The largest absolute Gasteiger partial charge is 0.296 e. The van der Waals surface area contributed by atoms with Crippen molar-refractivity contribution in [1.82, 2.24) is 9.21 Å². The zero-order chi connectivity index (χ0) is 17.5. The number of hydrogen-bond donors (Lipinski definition) is 0. The van der Waals surface area contributed by atoms with Crippen LogP contribution < -0.4 is 0 Å². The molecule has 4 rings (SSSR count). The summed E-state index contributed by atoms with van der Waals surface area (Å²) in [7, 11) is -3.05. The molecular weight excluding hydrogens is 332 g/mol. The summed E-state index contributed by atoms with van der Waals surface area (Å²) in [4.78, 5) is 2.67. The van der Waals surface area contributed by atoms with Crippen molar-refractivity contribution < 1.29 is 8.42 Å². The minimum Gasteiger partial charge on any atom is -0.296 e.